The highest BCUT2D eigenvalue weighted by Crippen LogP contribution is 2.36. The van der Waals surface area contributed by atoms with Gasteiger partial charge in [-0.05, 0) is 50.6 Å². The summed E-state index contributed by atoms with van der Waals surface area (Å²) in [6.07, 6.45) is 0. The van der Waals surface area contributed by atoms with E-state index in [0.29, 0.717) is 22.6 Å². The van der Waals surface area contributed by atoms with E-state index in [1.54, 1.807) is 51.1 Å². The Balaban J connectivity index is 1.84. The van der Waals surface area contributed by atoms with Crippen LogP contribution in [-0.4, -0.2) is 23.9 Å². The summed E-state index contributed by atoms with van der Waals surface area (Å²) in [5.41, 5.74) is 1.28. The summed E-state index contributed by atoms with van der Waals surface area (Å²) in [4.78, 5) is 26.7. The Morgan fingerprint density at radius 3 is 2.68 bits per heavy atom. The van der Waals surface area contributed by atoms with E-state index in [-0.39, 0.29) is 24.2 Å². The Morgan fingerprint density at radius 2 is 1.96 bits per heavy atom. The van der Waals surface area contributed by atoms with Gasteiger partial charge in [-0.25, -0.2) is 4.39 Å². The number of fused-ring (bicyclic) bond motifs is 1. The first-order chi connectivity index (χ1) is 11.8. The van der Waals surface area contributed by atoms with Crippen molar-refractivity contribution in [2.75, 3.05) is 22.1 Å². The third-order valence-electron chi connectivity index (χ3n) is 4.37. The number of para-hydroxylation sites is 2. The third-order valence-corrected chi connectivity index (χ3v) is 4.37. The van der Waals surface area contributed by atoms with E-state index in [1.807, 2.05) is 6.07 Å². The maximum absolute atomic E-state index is 13.6. The van der Waals surface area contributed by atoms with Gasteiger partial charge in [-0.15, -0.1) is 0 Å². The molecule has 2 amide bonds. The monoisotopic (exact) mass is 341 g/mol. The minimum atomic E-state index is -1.02. The SMILES string of the molecule is Cc1ccc(NCC(=O)N2c3ccccc3NC(=O)C2(C)C)cc1F. The predicted octanol–water partition coefficient (Wildman–Crippen LogP) is 3.31. The highest BCUT2D eigenvalue weighted by atomic mass is 19.1. The van der Waals surface area contributed by atoms with Crippen LogP contribution in [0.25, 0.3) is 0 Å². The van der Waals surface area contributed by atoms with Crippen LogP contribution < -0.4 is 15.5 Å². The summed E-state index contributed by atoms with van der Waals surface area (Å²) in [6.45, 7) is 5.02. The van der Waals surface area contributed by atoms with E-state index in [4.69, 9.17) is 0 Å². The molecule has 0 radical (unpaired) electrons. The van der Waals surface area contributed by atoms with E-state index in [1.165, 1.54) is 11.0 Å². The predicted molar refractivity (Wildman–Crippen MR) is 96.3 cm³/mol. The highest BCUT2D eigenvalue weighted by Gasteiger charge is 2.43. The standard InChI is InChI=1S/C19H20FN3O2/c1-12-8-9-13(10-14(12)20)21-11-17(24)23-16-7-5-4-6-15(16)22-18(25)19(23,2)3/h4-10,21H,11H2,1-3H3,(H,22,25). The van der Waals surface area contributed by atoms with Gasteiger partial charge >= 0.3 is 0 Å². The maximum Gasteiger partial charge on any atom is 0.250 e. The minimum absolute atomic E-state index is 0.0481. The smallest absolute Gasteiger partial charge is 0.250 e. The zero-order valence-electron chi connectivity index (χ0n) is 14.4. The van der Waals surface area contributed by atoms with Crippen molar-refractivity contribution in [3.63, 3.8) is 0 Å². The fourth-order valence-electron chi connectivity index (χ4n) is 2.86. The molecule has 25 heavy (non-hydrogen) atoms. The third kappa shape index (κ3) is 3.07. The topological polar surface area (TPSA) is 61.4 Å². The number of carbonyl (C=O) groups is 2. The van der Waals surface area contributed by atoms with Crippen LogP contribution in [0.3, 0.4) is 0 Å². The summed E-state index contributed by atoms with van der Waals surface area (Å²) in [5.74, 6) is -0.852. The van der Waals surface area contributed by atoms with Gasteiger partial charge in [-0.2, -0.15) is 0 Å². The molecule has 0 saturated heterocycles. The van der Waals surface area contributed by atoms with Crippen LogP contribution in [0.4, 0.5) is 21.5 Å². The lowest BCUT2D eigenvalue weighted by Crippen LogP contribution is -2.59. The molecule has 1 aliphatic heterocycles. The Morgan fingerprint density at radius 1 is 1.24 bits per heavy atom. The number of amides is 2. The molecular formula is C19H20FN3O2. The molecule has 0 aromatic heterocycles. The Kier molecular flexibility index (Phi) is 4.20. The Bertz CT molecular complexity index is 848. The molecule has 2 aromatic carbocycles. The van der Waals surface area contributed by atoms with E-state index >= 15 is 0 Å². The van der Waals surface area contributed by atoms with Crippen LogP contribution in [0.1, 0.15) is 19.4 Å². The number of benzene rings is 2. The van der Waals surface area contributed by atoms with Gasteiger partial charge in [0.05, 0.1) is 17.9 Å². The molecule has 0 unspecified atom stereocenters. The molecule has 1 aliphatic rings. The average Bonchev–Trinajstić information content (AvgIpc) is 2.56. The van der Waals surface area contributed by atoms with E-state index in [9.17, 15) is 14.0 Å². The van der Waals surface area contributed by atoms with Crippen molar-refractivity contribution in [1.29, 1.82) is 0 Å². The number of hydrogen-bond donors (Lipinski definition) is 2. The number of anilines is 3. The van der Waals surface area contributed by atoms with Crippen molar-refractivity contribution >= 4 is 28.9 Å². The molecule has 0 spiro atoms. The summed E-state index contributed by atoms with van der Waals surface area (Å²) in [6, 6.07) is 11.9. The van der Waals surface area contributed by atoms with Crippen molar-refractivity contribution in [2.24, 2.45) is 0 Å². The van der Waals surface area contributed by atoms with Crippen molar-refractivity contribution in [3.8, 4) is 0 Å². The molecule has 1 heterocycles. The maximum atomic E-state index is 13.6. The lowest BCUT2D eigenvalue weighted by atomic mass is 9.96. The first-order valence-electron chi connectivity index (χ1n) is 8.04. The zero-order valence-corrected chi connectivity index (χ0v) is 14.4. The number of aryl methyl sites for hydroxylation is 1. The summed E-state index contributed by atoms with van der Waals surface area (Å²) in [7, 11) is 0. The fraction of sp³-hybridized carbons (Fsp3) is 0.263. The first kappa shape index (κ1) is 17.0. The number of nitrogens with zero attached hydrogens (tertiary/aromatic N) is 1. The number of carbonyl (C=O) groups excluding carboxylic acids is 2. The van der Waals surface area contributed by atoms with E-state index in [2.05, 4.69) is 10.6 Å². The molecule has 5 nitrogen and oxygen atoms in total. The number of rotatable bonds is 3. The van der Waals surface area contributed by atoms with Crippen molar-refractivity contribution < 1.29 is 14.0 Å². The second-order valence-corrected chi connectivity index (χ2v) is 6.58. The van der Waals surface area contributed by atoms with Crippen molar-refractivity contribution in [3.05, 3.63) is 53.8 Å². The van der Waals surface area contributed by atoms with Crippen molar-refractivity contribution in [1.82, 2.24) is 0 Å². The van der Waals surface area contributed by atoms with Gasteiger partial charge in [0.25, 0.3) is 0 Å². The lowest BCUT2D eigenvalue weighted by Gasteiger charge is -2.42. The minimum Gasteiger partial charge on any atom is -0.376 e. The van der Waals surface area contributed by atoms with Crippen LogP contribution in [-0.2, 0) is 9.59 Å². The van der Waals surface area contributed by atoms with Gasteiger partial charge in [0, 0.05) is 5.69 Å². The van der Waals surface area contributed by atoms with Gasteiger partial charge in [0.2, 0.25) is 11.8 Å². The molecule has 2 N–H and O–H groups in total. The first-order valence-corrected chi connectivity index (χ1v) is 8.04. The number of halogens is 1. The molecule has 0 aliphatic carbocycles. The van der Waals surface area contributed by atoms with Gasteiger partial charge in [-0.1, -0.05) is 18.2 Å². The van der Waals surface area contributed by atoms with Crippen LogP contribution >= 0.6 is 0 Å². The summed E-state index contributed by atoms with van der Waals surface area (Å²) in [5, 5.41) is 5.75. The van der Waals surface area contributed by atoms with Crippen LogP contribution in [0, 0.1) is 12.7 Å². The molecule has 0 bridgehead atoms. The van der Waals surface area contributed by atoms with Gasteiger partial charge in [0.15, 0.2) is 0 Å². The average molecular weight is 341 g/mol. The van der Waals surface area contributed by atoms with Crippen LogP contribution in [0.5, 0.6) is 0 Å². The van der Waals surface area contributed by atoms with Gasteiger partial charge in [0.1, 0.15) is 11.4 Å². The van der Waals surface area contributed by atoms with E-state index in [0.717, 1.165) is 0 Å². The van der Waals surface area contributed by atoms with Gasteiger partial charge in [-0.3, -0.25) is 14.5 Å². The molecule has 0 atom stereocenters. The molecular weight excluding hydrogens is 321 g/mol. The number of hydrogen-bond acceptors (Lipinski definition) is 3. The molecule has 0 fully saturated rings. The van der Waals surface area contributed by atoms with Gasteiger partial charge < -0.3 is 10.6 Å². The second kappa shape index (κ2) is 6.20. The Hall–Kier alpha value is -2.89. The van der Waals surface area contributed by atoms with Crippen molar-refractivity contribution in [2.45, 2.75) is 26.3 Å². The zero-order chi connectivity index (χ0) is 18.2. The molecule has 2 aromatic rings. The Labute approximate surface area is 145 Å². The molecule has 0 saturated carbocycles. The van der Waals surface area contributed by atoms with E-state index < -0.39 is 5.54 Å². The van der Waals surface area contributed by atoms with Crippen LogP contribution in [0.2, 0.25) is 0 Å². The van der Waals surface area contributed by atoms with Crippen LogP contribution in [0.15, 0.2) is 42.5 Å². The normalized spacial score (nSPS) is 15.4. The second-order valence-electron chi connectivity index (χ2n) is 6.58. The highest BCUT2D eigenvalue weighted by molar-refractivity contribution is 6.14. The molecule has 6 heteroatoms. The summed E-state index contributed by atoms with van der Waals surface area (Å²) < 4.78 is 13.6. The quantitative estimate of drug-likeness (QED) is 0.900. The molecule has 3 rings (SSSR count). The summed E-state index contributed by atoms with van der Waals surface area (Å²) >= 11 is 0. The number of nitrogens with one attached hydrogen (secondary N) is 2. The lowest BCUT2D eigenvalue weighted by molar-refractivity contribution is -0.125. The fourth-order valence-corrected chi connectivity index (χ4v) is 2.86. The molecule has 130 valence electrons. The largest absolute Gasteiger partial charge is 0.376 e.